The fourth-order valence-electron chi connectivity index (χ4n) is 3.30. The summed E-state index contributed by atoms with van der Waals surface area (Å²) in [6.45, 7) is 2.08. The lowest BCUT2D eigenvalue weighted by Crippen LogP contribution is -2.42. The summed E-state index contributed by atoms with van der Waals surface area (Å²) in [7, 11) is 0. The van der Waals surface area contributed by atoms with E-state index in [9.17, 15) is 14.4 Å². The number of hydrogen-bond acceptors (Lipinski definition) is 5. The number of hydrogen-bond donors (Lipinski definition) is 2. The first-order valence-corrected chi connectivity index (χ1v) is 9.76. The van der Waals surface area contributed by atoms with Gasteiger partial charge in [-0.2, -0.15) is 0 Å². The Hall–Kier alpha value is -3.07. The number of amides is 4. The summed E-state index contributed by atoms with van der Waals surface area (Å²) in [5.74, 6) is 0.120. The van der Waals surface area contributed by atoms with Crippen molar-refractivity contribution in [3.8, 4) is 11.5 Å². The molecule has 150 valence electrons. The number of nitrogens with zero attached hydrogens (tertiary/aromatic N) is 1. The van der Waals surface area contributed by atoms with E-state index in [4.69, 9.17) is 9.47 Å². The third-order valence-corrected chi connectivity index (χ3v) is 5.30. The van der Waals surface area contributed by atoms with Gasteiger partial charge in [0.1, 0.15) is 25.3 Å². The van der Waals surface area contributed by atoms with E-state index >= 15 is 0 Å². The van der Waals surface area contributed by atoms with Crippen LogP contribution in [0.25, 0.3) is 0 Å². The summed E-state index contributed by atoms with van der Waals surface area (Å²) >= 11 is 3.33. The molecule has 2 aromatic rings. The molecule has 2 aliphatic heterocycles. The van der Waals surface area contributed by atoms with Crippen molar-refractivity contribution in [1.82, 2.24) is 10.2 Å². The summed E-state index contributed by atoms with van der Waals surface area (Å²) in [5, 5.41) is 5.36. The second kappa shape index (κ2) is 7.40. The molecule has 2 heterocycles. The van der Waals surface area contributed by atoms with Gasteiger partial charge in [-0.05, 0) is 42.8 Å². The molecule has 4 rings (SSSR count). The van der Waals surface area contributed by atoms with E-state index in [1.165, 1.54) is 0 Å². The normalized spacial score (nSPS) is 20.4. The third kappa shape index (κ3) is 3.65. The van der Waals surface area contributed by atoms with Crippen molar-refractivity contribution in [3.63, 3.8) is 0 Å². The zero-order valence-corrected chi connectivity index (χ0v) is 17.1. The Balaban J connectivity index is 1.51. The fraction of sp³-hybridized carbons (Fsp3) is 0.250. The highest BCUT2D eigenvalue weighted by atomic mass is 79.9. The smallest absolute Gasteiger partial charge is 0.325 e. The van der Waals surface area contributed by atoms with Crippen LogP contribution in [-0.2, 0) is 15.1 Å². The maximum absolute atomic E-state index is 13.0. The quantitative estimate of drug-likeness (QED) is 0.684. The van der Waals surface area contributed by atoms with E-state index in [1.807, 2.05) is 6.07 Å². The number of urea groups is 1. The third-order valence-electron chi connectivity index (χ3n) is 4.80. The van der Waals surface area contributed by atoms with Gasteiger partial charge in [-0.15, -0.1) is 0 Å². The first-order chi connectivity index (χ1) is 13.9. The molecule has 29 heavy (non-hydrogen) atoms. The molecule has 4 amide bonds. The molecule has 0 spiro atoms. The molecule has 1 atom stereocenters. The Morgan fingerprint density at radius 2 is 1.93 bits per heavy atom. The Bertz CT molecular complexity index is 1010. The molecular formula is C20H18BrN3O5. The second-order valence-corrected chi connectivity index (χ2v) is 7.78. The van der Waals surface area contributed by atoms with E-state index in [-0.39, 0.29) is 0 Å². The highest BCUT2D eigenvalue weighted by molar-refractivity contribution is 9.10. The Morgan fingerprint density at radius 1 is 1.17 bits per heavy atom. The van der Waals surface area contributed by atoms with Crippen LogP contribution in [0.15, 0.2) is 46.9 Å². The topological polar surface area (TPSA) is 97.0 Å². The molecule has 2 aromatic carbocycles. The van der Waals surface area contributed by atoms with E-state index < -0.39 is 29.9 Å². The van der Waals surface area contributed by atoms with E-state index in [0.29, 0.717) is 36.0 Å². The maximum atomic E-state index is 13.0. The monoisotopic (exact) mass is 459 g/mol. The van der Waals surface area contributed by atoms with Crippen LogP contribution < -0.4 is 20.1 Å². The molecule has 2 N–H and O–H groups in total. The van der Waals surface area contributed by atoms with Crippen LogP contribution in [0.4, 0.5) is 10.5 Å². The molecule has 0 radical (unpaired) electrons. The Labute approximate surface area is 175 Å². The van der Waals surface area contributed by atoms with Gasteiger partial charge in [0.2, 0.25) is 5.91 Å². The zero-order valence-electron chi connectivity index (χ0n) is 15.5. The van der Waals surface area contributed by atoms with Crippen molar-refractivity contribution in [2.45, 2.75) is 12.5 Å². The molecule has 0 aromatic heterocycles. The predicted octanol–water partition coefficient (Wildman–Crippen LogP) is 2.63. The van der Waals surface area contributed by atoms with Crippen LogP contribution in [0.1, 0.15) is 12.5 Å². The highest BCUT2D eigenvalue weighted by Gasteiger charge is 2.49. The lowest BCUT2D eigenvalue weighted by Gasteiger charge is -2.25. The summed E-state index contributed by atoms with van der Waals surface area (Å²) in [6, 6.07) is 11.5. The van der Waals surface area contributed by atoms with Gasteiger partial charge in [-0.25, -0.2) is 4.79 Å². The van der Waals surface area contributed by atoms with Crippen molar-refractivity contribution in [2.75, 3.05) is 25.1 Å². The Kier molecular flexibility index (Phi) is 4.91. The standard InChI is InChI=1S/C20H18BrN3O5/c1-20(12-5-6-15-16(9-12)29-8-7-28-15)18(26)24(19(27)23-20)11-17(25)22-14-4-2-3-13(21)10-14/h2-6,9-10H,7-8,11H2,1H3,(H,22,25)(H,23,27)/t20-/m1/s1. The van der Waals surface area contributed by atoms with Gasteiger partial charge in [0.25, 0.3) is 5.91 Å². The summed E-state index contributed by atoms with van der Waals surface area (Å²) in [4.78, 5) is 38.8. The summed E-state index contributed by atoms with van der Waals surface area (Å²) in [5.41, 5.74) is -0.191. The van der Waals surface area contributed by atoms with Crippen LogP contribution in [0.3, 0.4) is 0 Å². The van der Waals surface area contributed by atoms with Crippen LogP contribution in [0, 0.1) is 0 Å². The number of fused-ring (bicyclic) bond motifs is 1. The van der Waals surface area contributed by atoms with Gasteiger partial charge in [0, 0.05) is 10.2 Å². The van der Waals surface area contributed by atoms with E-state index in [0.717, 1.165) is 9.37 Å². The maximum Gasteiger partial charge on any atom is 0.325 e. The molecule has 1 fully saturated rings. The second-order valence-electron chi connectivity index (χ2n) is 6.86. The zero-order chi connectivity index (χ0) is 20.6. The number of carbonyl (C=O) groups excluding carboxylic acids is 3. The molecule has 2 aliphatic rings. The minimum absolute atomic E-state index is 0.392. The lowest BCUT2D eigenvalue weighted by molar-refractivity contribution is -0.133. The average Bonchev–Trinajstić information content (AvgIpc) is 2.91. The number of halogens is 1. The van der Waals surface area contributed by atoms with Crippen LogP contribution in [0.2, 0.25) is 0 Å². The van der Waals surface area contributed by atoms with Crippen molar-refractivity contribution in [3.05, 3.63) is 52.5 Å². The largest absolute Gasteiger partial charge is 0.486 e. The van der Waals surface area contributed by atoms with Crippen LogP contribution in [-0.4, -0.2) is 42.5 Å². The summed E-state index contributed by atoms with van der Waals surface area (Å²) < 4.78 is 11.9. The first-order valence-electron chi connectivity index (χ1n) is 8.96. The molecule has 9 heteroatoms. The number of nitrogens with one attached hydrogen (secondary N) is 2. The van der Waals surface area contributed by atoms with Gasteiger partial charge >= 0.3 is 6.03 Å². The SMILES string of the molecule is C[C@]1(c2ccc3c(c2)OCCO3)NC(=O)N(CC(=O)Nc2cccc(Br)c2)C1=O. The predicted molar refractivity (Wildman–Crippen MR) is 108 cm³/mol. The molecule has 0 aliphatic carbocycles. The van der Waals surface area contributed by atoms with Crippen molar-refractivity contribution in [2.24, 2.45) is 0 Å². The minimum atomic E-state index is -1.30. The number of ether oxygens (including phenoxy) is 2. The van der Waals surface area contributed by atoms with Crippen molar-refractivity contribution in [1.29, 1.82) is 0 Å². The van der Waals surface area contributed by atoms with Gasteiger partial charge in [0.05, 0.1) is 0 Å². The fourth-order valence-corrected chi connectivity index (χ4v) is 3.70. The number of rotatable bonds is 4. The van der Waals surface area contributed by atoms with Crippen LogP contribution >= 0.6 is 15.9 Å². The average molecular weight is 460 g/mol. The summed E-state index contributed by atoms with van der Waals surface area (Å²) in [6.07, 6.45) is 0. The first kappa shape index (κ1) is 19.3. The van der Waals surface area contributed by atoms with Crippen molar-refractivity contribution >= 4 is 39.5 Å². The van der Waals surface area contributed by atoms with Gasteiger partial charge in [0.15, 0.2) is 11.5 Å². The Morgan fingerprint density at radius 3 is 2.69 bits per heavy atom. The van der Waals surface area contributed by atoms with E-state index in [1.54, 1.807) is 43.3 Å². The number of anilines is 1. The number of imide groups is 1. The van der Waals surface area contributed by atoms with E-state index in [2.05, 4.69) is 26.6 Å². The highest BCUT2D eigenvalue weighted by Crippen LogP contribution is 2.36. The molecule has 1 saturated heterocycles. The molecule has 0 saturated carbocycles. The number of benzene rings is 2. The van der Waals surface area contributed by atoms with Crippen LogP contribution in [0.5, 0.6) is 11.5 Å². The van der Waals surface area contributed by atoms with Gasteiger partial charge < -0.3 is 20.1 Å². The van der Waals surface area contributed by atoms with Gasteiger partial charge in [-0.1, -0.05) is 28.1 Å². The number of carbonyl (C=O) groups is 3. The van der Waals surface area contributed by atoms with Crippen molar-refractivity contribution < 1.29 is 23.9 Å². The molecular weight excluding hydrogens is 442 g/mol. The molecule has 0 unspecified atom stereocenters. The molecule has 0 bridgehead atoms. The minimum Gasteiger partial charge on any atom is -0.486 e. The van der Waals surface area contributed by atoms with Gasteiger partial charge in [-0.3, -0.25) is 14.5 Å². The molecule has 8 nitrogen and oxygen atoms in total. The lowest BCUT2D eigenvalue weighted by atomic mass is 9.91.